The molecule has 0 aliphatic carbocycles. The van der Waals surface area contributed by atoms with E-state index in [2.05, 4.69) is 23.1 Å². The van der Waals surface area contributed by atoms with Crippen molar-refractivity contribution in [3.63, 3.8) is 0 Å². The number of methoxy groups -OCH3 is 1. The quantitative estimate of drug-likeness (QED) is 0.890. The van der Waals surface area contributed by atoms with Crippen molar-refractivity contribution in [1.82, 2.24) is 9.78 Å². The molecule has 0 aliphatic heterocycles. The van der Waals surface area contributed by atoms with Crippen molar-refractivity contribution < 1.29 is 4.74 Å². The molecule has 0 unspecified atom stereocenters. The van der Waals surface area contributed by atoms with Crippen molar-refractivity contribution in [2.75, 3.05) is 12.4 Å². The zero-order valence-electron chi connectivity index (χ0n) is 10.6. The number of nitriles is 1. The molecular formula is C14H14N4O. The third-order valence-corrected chi connectivity index (χ3v) is 2.66. The van der Waals surface area contributed by atoms with Crippen LogP contribution >= 0.6 is 0 Å². The van der Waals surface area contributed by atoms with Gasteiger partial charge in [0, 0.05) is 30.6 Å². The molecule has 2 aromatic rings. The smallest absolute Gasteiger partial charge is 0.143 e. The minimum absolute atomic E-state index is 0.571. The minimum Gasteiger partial charge on any atom is -0.495 e. The van der Waals surface area contributed by atoms with E-state index in [0.29, 0.717) is 17.9 Å². The maximum Gasteiger partial charge on any atom is 0.143 e. The minimum atomic E-state index is 0.571. The SMILES string of the molecule is C=Cn1cc(CNc2ccc(C#N)cc2OC)cn1. The fraction of sp³-hybridized carbons (Fsp3) is 0.143. The summed E-state index contributed by atoms with van der Waals surface area (Å²) >= 11 is 0. The lowest BCUT2D eigenvalue weighted by atomic mass is 10.2. The van der Waals surface area contributed by atoms with Crippen LogP contribution in [0.5, 0.6) is 5.75 Å². The van der Waals surface area contributed by atoms with Gasteiger partial charge in [0.15, 0.2) is 0 Å². The number of nitrogens with one attached hydrogen (secondary N) is 1. The highest BCUT2D eigenvalue weighted by Gasteiger charge is 2.04. The van der Waals surface area contributed by atoms with Crippen LogP contribution in [0.4, 0.5) is 5.69 Å². The standard InChI is InChI=1S/C14H14N4O/c1-3-18-10-12(9-17-18)8-16-13-5-4-11(7-15)6-14(13)19-2/h3-6,9-10,16H,1,8H2,2H3. The topological polar surface area (TPSA) is 62.9 Å². The van der Waals surface area contributed by atoms with E-state index in [1.165, 1.54) is 0 Å². The van der Waals surface area contributed by atoms with Gasteiger partial charge in [0.2, 0.25) is 0 Å². The lowest BCUT2D eigenvalue weighted by Gasteiger charge is -2.10. The summed E-state index contributed by atoms with van der Waals surface area (Å²) in [6, 6.07) is 7.36. The molecule has 0 atom stereocenters. The van der Waals surface area contributed by atoms with Crippen LogP contribution in [0.1, 0.15) is 11.1 Å². The van der Waals surface area contributed by atoms with Crippen LogP contribution in [-0.4, -0.2) is 16.9 Å². The van der Waals surface area contributed by atoms with Crippen LogP contribution < -0.4 is 10.1 Å². The molecule has 2 rings (SSSR count). The largest absolute Gasteiger partial charge is 0.495 e. The second-order valence-corrected chi connectivity index (χ2v) is 3.89. The molecule has 1 aromatic heterocycles. The van der Waals surface area contributed by atoms with E-state index >= 15 is 0 Å². The van der Waals surface area contributed by atoms with Gasteiger partial charge in [0.05, 0.1) is 30.6 Å². The Labute approximate surface area is 111 Å². The van der Waals surface area contributed by atoms with Gasteiger partial charge in [-0.3, -0.25) is 0 Å². The van der Waals surface area contributed by atoms with Crippen molar-refractivity contribution in [3.05, 3.63) is 48.3 Å². The number of hydrogen-bond acceptors (Lipinski definition) is 4. The first kappa shape index (κ1) is 12.7. The second kappa shape index (κ2) is 5.74. The Kier molecular flexibility index (Phi) is 3.84. The molecule has 0 saturated heterocycles. The summed E-state index contributed by atoms with van der Waals surface area (Å²) in [6.07, 6.45) is 5.28. The summed E-state index contributed by atoms with van der Waals surface area (Å²) < 4.78 is 6.90. The summed E-state index contributed by atoms with van der Waals surface area (Å²) in [5, 5.41) is 16.2. The molecule has 1 aromatic carbocycles. The number of anilines is 1. The molecule has 5 nitrogen and oxygen atoms in total. The lowest BCUT2D eigenvalue weighted by Crippen LogP contribution is -2.01. The Morgan fingerprint density at radius 2 is 2.42 bits per heavy atom. The average Bonchev–Trinajstić information content (AvgIpc) is 2.92. The monoisotopic (exact) mass is 254 g/mol. The number of rotatable bonds is 5. The zero-order chi connectivity index (χ0) is 13.7. The molecule has 19 heavy (non-hydrogen) atoms. The molecule has 0 amide bonds. The fourth-order valence-corrected chi connectivity index (χ4v) is 1.67. The Hall–Kier alpha value is -2.74. The van der Waals surface area contributed by atoms with E-state index < -0.39 is 0 Å². The van der Waals surface area contributed by atoms with E-state index in [1.54, 1.807) is 36.3 Å². The van der Waals surface area contributed by atoms with Crippen LogP contribution in [0, 0.1) is 11.3 Å². The summed E-state index contributed by atoms with van der Waals surface area (Å²) in [4.78, 5) is 0. The van der Waals surface area contributed by atoms with Gasteiger partial charge in [0.25, 0.3) is 0 Å². The molecule has 0 bridgehead atoms. The Morgan fingerprint density at radius 3 is 3.05 bits per heavy atom. The van der Waals surface area contributed by atoms with Crippen LogP contribution in [0.2, 0.25) is 0 Å². The average molecular weight is 254 g/mol. The van der Waals surface area contributed by atoms with Gasteiger partial charge in [-0.05, 0) is 12.1 Å². The number of hydrogen-bond donors (Lipinski definition) is 1. The maximum atomic E-state index is 8.84. The molecule has 0 radical (unpaired) electrons. The first-order valence-electron chi connectivity index (χ1n) is 5.74. The first-order chi connectivity index (χ1) is 9.26. The van der Waals surface area contributed by atoms with Crippen molar-refractivity contribution in [2.45, 2.75) is 6.54 Å². The maximum absolute atomic E-state index is 8.84. The van der Waals surface area contributed by atoms with Crippen LogP contribution in [0.15, 0.2) is 37.2 Å². The number of nitrogens with zero attached hydrogens (tertiary/aromatic N) is 3. The third-order valence-electron chi connectivity index (χ3n) is 2.66. The van der Waals surface area contributed by atoms with E-state index in [-0.39, 0.29) is 0 Å². The number of aromatic nitrogens is 2. The van der Waals surface area contributed by atoms with E-state index in [0.717, 1.165) is 11.3 Å². The highest BCUT2D eigenvalue weighted by molar-refractivity contribution is 5.59. The van der Waals surface area contributed by atoms with E-state index in [9.17, 15) is 0 Å². The summed E-state index contributed by atoms with van der Waals surface area (Å²) in [5.74, 6) is 0.648. The van der Waals surface area contributed by atoms with Crippen LogP contribution in [0.25, 0.3) is 6.20 Å². The summed E-state index contributed by atoms with van der Waals surface area (Å²) in [7, 11) is 1.58. The van der Waals surface area contributed by atoms with E-state index in [4.69, 9.17) is 10.00 Å². The normalized spacial score (nSPS) is 9.68. The van der Waals surface area contributed by atoms with Gasteiger partial charge >= 0.3 is 0 Å². The van der Waals surface area contributed by atoms with Gasteiger partial charge in [0.1, 0.15) is 5.75 Å². The van der Waals surface area contributed by atoms with E-state index in [1.807, 2.05) is 12.3 Å². The fourth-order valence-electron chi connectivity index (χ4n) is 1.67. The number of benzene rings is 1. The summed E-state index contributed by atoms with van der Waals surface area (Å²) in [6.45, 7) is 4.26. The highest BCUT2D eigenvalue weighted by atomic mass is 16.5. The van der Waals surface area contributed by atoms with Gasteiger partial charge in [-0.15, -0.1) is 0 Å². The van der Waals surface area contributed by atoms with Crippen molar-refractivity contribution in [3.8, 4) is 11.8 Å². The molecule has 0 spiro atoms. The zero-order valence-corrected chi connectivity index (χ0v) is 10.6. The van der Waals surface area contributed by atoms with Crippen LogP contribution in [0.3, 0.4) is 0 Å². The molecule has 0 saturated carbocycles. The molecule has 5 heteroatoms. The molecule has 1 heterocycles. The number of ether oxygens (including phenoxy) is 1. The molecular weight excluding hydrogens is 240 g/mol. The van der Waals surface area contributed by atoms with Crippen molar-refractivity contribution >= 4 is 11.9 Å². The highest BCUT2D eigenvalue weighted by Crippen LogP contribution is 2.25. The lowest BCUT2D eigenvalue weighted by molar-refractivity contribution is 0.416. The second-order valence-electron chi connectivity index (χ2n) is 3.89. The van der Waals surface area contributed by atoms with Gasteiger partial charge in [-0.2, -0.15) is 10.4 Å². The first-order valence-corrected chi connectivity index (χ1v) is 5.74. The van der Waals surface area contributed by atoms with Gasteiger partial charge in [-0.25, -0.2) is 4.68 Å². The van der Waals surface area contributed by atoms with Gasteiger partial charge in [-0.1, -0.05) is 6.58 Å². The predicted molar refractivity (Wildman–Crippen MR) is 73.6 cm³/mol. The molecule has 96 valence electrons. The third kappa shape index (κ3) is 2.93. The Bertz CT molecular complexity index is 625. The molecule has 0 fully saturated rings. The molecule has 0 aliphatic rings. The Balaban J connectivity index is 2.10. The Morgan fingerprint density at radius 1 is 1.58 bits per heavy atom. The van der Waals surface area contributed by atoms with Crippen LogP contribution in [-0.2, 0) is 6.54 Å². The summed E-state index contributed by atoms with van der Waals surface area (Å²) in [5.41, 5.74) is 2.45. The van der Waals surface area contributed by atoms with Crippen molar-refractivity contribution in [1.29, 1.82) is 5.26 Å². The van der Waals surface area contributed by atoms with Gasteiger partial charge < -0.3 is 10.1 Å². The van der Waals surface area contributed by atoms with Crippen molar-refractivity contribution in [2.24, 2.45) is 0 Å². The molecule has 1 N–H and O–H groups in total. The predicted octanol–water partition coefficient (Wildman–Crippen LogP) is 2.48.